The van der Waals surface area contributed by atoms with E-state index in [1.807, 2.05) is 13.8 Å². The van der Waals surface area contributed by atoms with Crippen molar-refractivity contribution < 1.29 is 29.1 Å². The summed E-state index contributed by atoms with van der Waals surface area (Å²) in [6, 6.07) is -4.59. The smallest absolute Gasteiger partial charge is 0.326 e. The number of nitrogens with zero attached hydrogens (tertiary/aromatic N) is 1. The van der Waals surface area contributed by atoms with Gasteiger partial charge in [-0.25, -0.2) is 4.79 Å². The summed E-state index contributed by atoms with van der Waals surface area (Å²) < 4.78 is 0. The van der Waals surface area contributed by atoms with Crippen molar-refractivity contribution in [3.8, 4) is 0 Å². The minimum atomic E-state index is -1.58. The predicted octanol–water partition coefficient (Wildman–Crippen LogP) is -2.52. The average molecular weight is 501 g/mol. The highest BCUT2D eigenvalue weighted by Gasteiger charge is 2.32. The van der Waals surface area contributed by atoms with Crippen molar-refractivity contribution in [1.29, 1.82) is 0 Å². The number of rotatable bonds is 16. The van der Waals surface area contributed by atoms with Crippen molar-refractivity contribution in [2.45, 2.75) is 77.5 Å². The molecule has 0 saturated carbocycles. The normalized spacial score (nSPS) is 14.4. The van der Waals surface area contributed by atoms with Crippen molar-refractivity contribution in [1.82, 2.24) is 16.0 Å². The van der Waals surface area contributed by atoms with Gasteiger partial charge in [-0.3, -0.25) is 24.2 Å². The lowest BCUT2D eigenvalue weighted by Crippen LogP contribution is -2.58. The van der Waals surface area contributed by atoms with Crippen LogP contribution in [0.5, 0.6) is 0 Å². The number of carbonyl (C=O) groups excluding carboxylic acids is 4. The number of aliphatic imine (C=N–C) groups is 1. The number of carboxylic acid groups (broad SMARTS) is 1. The van der Waals surface area contributed by atoms with Gasteiger partial charge in [0.1, 0.15) is 18.1 Å². The van der Waals surface area contributed by atoms with E-state index in [2.05, 4.69) is 20.9 Å². The fraction of sp³-hybridized carbons (Fsp3) is 0.714. The van der Waals surface area contributed by atoms with E-state index >= 15 is 0 Å². The number of carboxylic acids is 1. The fourth-order valence-electron chi connectivity index (χ4n) is 3.12. The quantitative estimate of drug-likeness (QED) is 0.0631. The van der Waals surface area contributed by atoms with Crippen molar-refractivity contribution in [2.24, 2.45) is 39.8 Å². The molecule has 14 heteroatoms. The Morgan fingerprint density at radius 1 is 0.857 bits per heavy atom. The molecule has 0 aliphatic rings. The summed E-state index contributed by atoms with van der Waals surface area (Å²) in [6.45, 7) is 7.39. The van der Waals surface area contributed by atoms with E-state index in [4.69, 9.17) is 22.9 Å². The fourth-order valence-corrected chi connectivity index (χ4v) is 3.12. The SMILES string of the molecule is CC(C)CC(N)C(=O)NC(C(=O)NC(CCCN=C(N)N)C(=O)NC(CC(N)=O)C(=O)O)C(C)C. The Balaban J connectivity index is 5.58. The first-order chi connectivity index (χ1) is 16.1. The van der Waals surface area contributed by atoms with Crippen LogP contribution in [0.25, 0.3) is 0 Å². The second-order valence-corrected chi connectivity index (χ2v) is 9.05. The molecule has 0 aromatic rings. The molecule has 0 saturated heterocycles. The lowest BCUT2D eigenvalue weighted by atomic mass is 9.99. The Morgan fingerprint density at radius 3 is 1.89 bits per heavy atom. The van der Waals surface area contributed by atoms with Crippen molar-refractivity contribution in [3.05, 3.63) is 0 Å². The van der Waals surface area contributed by atoms with E-state index in [1.54, 1.807) is 13.8 Å². The van der Waals surface area contributed by atoms with E-state index in [-0.39, 0.29) is 37.2 Å². The van der Waals surface area contributed by atoms with Crippen LogP contribution in [0.2, 0.25) is 0 Å². The molecule has 0 aromatic carbocycles. The minimum Gasteiger partial charge on any atom is -0.480 e. The molecule has 200 valence electrons. The van der Waals surface area contributed by atoms with Crippen LogP contribution in [0.1, 0.15) is 53.4 Å². The Bertz CT molecular complexity index is 782. The summed E-state index contributed by atoms with van der Waals surface area (Å²) in [7, 11) is 0. The Hall–Kier alpha value is -3.42. The first-order valence-electron chi connectivity index (χ1n) is 11.4. The van der Waals surface area contributed by atoms with Crippen LogP contribution >= 0.6 is 0 Å². The molecule has 0 aliphatic carbocycles. The van der Waals surface area contributed by atoms with E-state index in [0.717, 1.165) is 0 Å². The molecule has 4 unspecified atom stereocenters. The number of guanidine groups is 1. The Labute approximate surface area is 205 Å². The number of hydrogen-bond donors (Lipinski definition) is 8. The largest absolute Gasteiger partial charge is 0.480 e. The molecule has 0 bridgehead atoms. The third-order valence-electron chi connectivity index (χ3n) is 4.91. The molecular formula is C21H40N8O6. The second kappa shape index (κ2) is 15.5. The van der Waals surface area contributed by atoms with Crippen LogP contribution in [0.15, 0.2) is 4.99 Å². The van der Waals surface area contributed by atoms with Crippen molar-refractivity contribution in [3.63, 3.8) is 0 Å². The van der Waals surface area contributed by atoms with Gasteiger partial charge in [0.2, 0.25) is 23.6 Å². The zero-order valence-electron chi connectivity index (χ0n) is 20.7. The highest BCUT2D eigenvalue weighted by Crippen LogP contribution is 2.08. The standard InChI is InChI=1S/C21H40N8O6/c1-10(2)8-12(22)17(31)29-16(11(3)4)19(33)27-13(6-5-7-26-21(24)25)18(32)28-14(20(34)35)9-15(23)30/h10-14,16H,5-9,22H2,1-4H3,(H2,23,30)(H,27,33)(H,28,32)(H,29,31)(H,34,35)(H4,24,25,26). The minimum absolute atomic E-state index is 0.0445. The van der Waals surface area contributed by atoms with Gasteiger partial charge in [-0.15, -0.1) is 0 Å². The molecule has 4 amide bonds. The zero-order chi connectivity index (χ0) is 27.3. The van der Waals surface area contributed by atoms with E-state index < -0.39 is 60.2 Å². The van der Waals surface area contributed by atoms with Crippen LogP contribution < -0.4 is 38.9 Å². The van der Waals surface area contributed by atoms with Gasteiger partial charge in [0, 0.05) is 6.54 Å². The Morgan fingerprint density at radius 2 is 1.43 bits per heavy atom. The third-order valence-corrected chi connectivity index (χ3v) is 4.91. The van der Waals surface area contributed by atoms with Gasteiger partial charge in [-0.2, -0.15) is 0 Å². The third kappa shape index (κ3) is 13.2. The lowest BCUT2D eigenvalue weighted by molar-refractivity contribution is -0.143. The molecule has 4 atom stereocenters. The van der Waals surface area contributed by atoms with Gasteiger partial charge in [-0.1, -0.05) is 27.7 Å². The monoisotopic (exact) mass is 500 g/mol. The summed E-state index contributed by atoms with van der Waals surface area (Å²) in [4.78, 5) is 64.7. The zero-order valence-corrected chi connectivity index (χ0v) is 20.7. The van der Waals surface area contributed by atoms with Crippen LogP contribution in [-0.2, 0) is 24.0 Å². The number of hydrogen-bond acceptors (Lipinski definition) is 7. The number of nitrogens with two attached hydrogens (primary N) is 4. The first kappa shape index (κ1) is 31.6. The van der Waals surface area contributed by atoms with Crippen LogP contribution in [0, 0.1) is 11.8 Å². The van der Waals surface area contributed by atoms with E-state index in [0.29, 0.717) is 6.42 Å². The maximum absolute atomic E-state index is 13.0. The summed E-state index contributed by atoms with van der Waals surface area (Å²) in [5.41, 5.74) is 21.5. The summed E-state index contributed by atoms with van der Waals surface area (Å²) in [5, 5.41) is 16.6. The van der Waals surface area contributed by atoms with Gasteiger partial charge in [0.25, 0.3) is 0 Å². The Kier molecular flexibility index (Phi) is 14.0. The summed E-state index contributed by atoms with van der Waals surface area (Å²) in [6.07, 6.45) is 0.101. The van der Waals surface area contributed by atoms with Crippen LogP contribution in [-0.4, -0.2) is 71.4 Å². The lowest BCUT2D eigenvalue weighted by Gasteiger charge is -2.27. The van der Waals surface area contributed by atoms with Gasteiger partial charge < -0.3 is 44.0 Å². The van der Waals surface area contributed by atoms with Gasteiger partial charge in [-0.05, 0) is 31.1 Å². The van der Waals surface area contributed by atoms with Crippen molar-refractivity contribution >= 4 is 35.6 Å². The van der Waals surface area contributed by atoms with Gasteiger partial charge >= 0.3 is 5.97 Å². The first-order valence-corrected chi connectivity index (χ1v) is 11.4. The molecule has 0 fully saturated rings. The molecule has 0 aliphatic heterocycles. The molecular weight excluding hydrogens is 460 g/mol. The van der Waals surface area contributed by atoms with E-state index in [1.165, 1.54) is 0 Å². The molecule has 0 radical (unpaired) electrons. The number of primary amides is 1. The predicted molar refractivity (Wildman–Crippen MR) is 129 cm³/mol. The van der Waals surface area contributed by atoms with E-state index in [9.17, 15) is 29.1 Å². The molecule has 0 heterocycles. The number of amides is 4. The highest BCUT2D eigenvalue weighted by atomic mass is 16.4. The molecule has 0 spiro atoms. The number of nitrogens with one attached hydrogen (secondary N) is 3. The molecule has 0 rings (SSSR count). The topological polar surface area (TPSA) is 258 Å². The maximum atomic E-state index is 13.0. The summed E-state index contributed by atoms with van der Waals surface area (Å²) >= 11 is 0. The van der Waals surface area contributed by atoms with Crippen LogP contribution in [0.4, 0.5) is 0 Å². The number of carbonyl (C=O) groups is 5. The summed E-state index contributed by atoms with van der Waals surface area (Å²) in [5.74, 6) is -4.73. The second-order valence-electron chi connectivity index (χ2n) is 9.05. The maximum Gasteiger partial charge on any atom is 0.326 e. The molecule has 12 N–H and O–H groups in total. The molecule has 14 nitrogen and oxygen atoms in total. The molecule has 35 heavy (non-hydrogen) atoms. The molecule has 0 aromatic heterocycles. The van der Waals surface area contributed by atoms with Crippen molar-refractivity contribution in [2.75, 3.05) is 6.54 Å². The van der Waals surface area contributed by atoms with Gasteiger partial charge in [0.05, 0.1) is 12.5 Å². The number of aliphatic carboxylic acids is 1. The average Bonchev–Trinajstić information content (AvgIpc) is 2.71. The van der Waals surface area contributed by atoms with Crippen LogP contribution in [0.3, 0.4) is 0 Å². The van der Waals surface area contributed by atoms with Gasteiger partial charge in [0.15, 0.2) is 5.96 Å². The highest BCUT2D eigenvalue weighted by molar-refractivity contribution is 5.95.